The van der Waals surface area contributed by atoms with Crippen LogP contribution in [0.15, 0.2) is 65.6 Å². The lowest BCUT2D eigenvalue weighted by Crippen LogP contribution is -2.35. The minimum absolute atomic E-state index is 0.00166. The molecular formula is C22H23N3O4. The fourth-order valence-electron chi connectivity index (χ4n) is 2.81. The molecule has 29 heavy (non-hydrogen) atoms. The van der Waals surface area contributed by atoms with Crippen molar-refractivity contribution in [3.8, 4) is 11.5 Å². The van der Waals surface area contributed by atoms with Crippen LogP contribution in [0.4, 0.5) is 0 Å². The summed E-state index contributed by atoms with van der Waals surface area (Å²) in [4.78, 5) is 33.7. The Kier molecular flexibility index (Phi) is 6.63. The summed E-state index contributed by atoms with van der Waals surface area (Å²) in [5.74, 6) is 1.37. The summed E-state index contributed by atoms with van der Waals surface area (Å²) in [6.07, 6.45) is 1.30. The molecule has 0 aliphatic carbocycles. The Labute approximate surface area is 168 Å². The van der Waals surface area contributed by atoms with Gasteiger partial charge in [0.15, 0.2) is 0 Å². The first-order valence-electron chi connectivity index (χ1n) is 9.29. The molecule has 0 fully saturated rings. The van der Waals surface area contributed by atoms with Crippen molar-refractivity contribution in [2.24, 2.45) is 0 Å². The van der Waals surface area contributed by atoms with Gasteiger partial charge in [0.05, 0.1) is 7.11 Å². The number of H-pyrrole nitrogens is 1. The number of para-hydroxylation sites is 1. The first-order valence-corrected chi connectivity index (χ1v) is 9.29. The predicted molar refractivity (Wildman–Crippen MR) is 109 cm³/mol. The SMILES string of the molecule is CCN(Cc1cccc(OC)c1)C(=O)c1cnc(COc2ccccc2)[nH]c1=O. The fraction of sp³-hybridized carbons (Fsp3) is 0.227. The summed E-state index contributed by atoms with van der Waals surface area (Å²) in [6.45, 7) is 2.79. The van der Waals surface area contributed by atoms with E-state index in [9.17, 15) is 9.59 Å². The number of carbonyl (C=O) groups is 1. The molecule has 7 heteroatoms. The van der Waals surface area contributed by atoms with Crippen LogP contribution >= 0.6 is 0 Å². The van der Waals surface area contributed by atoms with E-state index in [1.807, 2.05) is 61.5 Å². The number of amides is 1. The number of aromatic amines is 1. The molecule has 1 aromatic heterocycles. The zero-order valence-electron chi connectivity index (χ0n) is 16.4. The Morgan fingerprint density at radius 3 is 2.55 bits per heavy atom. The van der Waals surface area contributed by atoms with E-state index in [-0.39, 0.29) is 18.1 Å². The highest BCUT2D eigenvalue weighted by Crippen LogP contribution is 2.15. The lowest BCUT2D eigenvalue weighted by atomic mass is 10.2. The average Bonchev–Trinajstić information content (AvgIpc) is 2.76. The molecule has 0 saturated heterocycles. The summed E-state index contributed by atoms with van der Waals surface area (Å²) >= 11 is 0. The molecule has 1 N–H and O–H groups in total. The van der Waals surface area contributed by atoms with Gasteiger partial charge < -0.3 is 19.4 Å². The molecular weight excluding hydrogens is 370 g/mol. The van der Waals surface area contributed by atoms with Crippen molar-refractivity contribution in [2.75, 3.05) is 13.7 Å². The Morgan fingerprint density at radius 2 is 1.86 bits per heavy atom. The summed E-state index contributed by atoms with van der Waals surface area (Å²) in [5, 5.41) is 0. The average molecular weight is 393 g/mol. The Bertz CT molecular complexity index is 1020. The molecule has 7 nitrogen and oxygen atoms in total. The van der Waals surface area contributed by atoms with E-state index in [1.54, 1.807) is 12.0 Å². The molecule has 0 aliphatic rings. The monoisotopic (exact) mass is 393 g/mol. The highest BCUT2D eigenvalue weighted by molar-refractivity contribution is 5.93. The number of carbonyl (C=O) groups excluding carboxylic acids is 1. The lowest BCUT2D eigenvalue weighted by Gasteiger charge is -2.21. The van der Waals surface area contributed by atoms with Crippen LogP contribution in [0, 0.1) is 0 Å². The third-order valence-corrected chi connectivity index (χ3v) is 4.38. The number of nitrogens with zero attached hydrogens (tertiary/aromatic N) is 2. The van der Waals surface area contributed by atoms with E-state index >= 15 is 0 Å². The zero-order valence-corrected chi connectivity index (χ0v) is 16.4. The van der Waals surface area contributed by atoms with Crippen molar-refractivity contribution < 1.29 is 14.3 Å². The standard InChI is InChI=1S/C22H23N3O4/c1-3-25(14-16-8-7-11-18(12-16)28-2)22(27)19-13-23-20(24-21(19)26)15-29-17-9-5-4-6-10-17/h4-13H,3,14-15H2,1-2H3,(H,23,24,26). The van der Waals surface area contributed by atoms with Gasteiger partial charge in [-0.3, -0.25) is 9.59 Å². The third kappa shape index (κ3) is 5.22. The maximum atomic E-state index is 12.8. The van der Waals surface area contributed by atoms with Gasteiger partial charge in [-0.25, -0.2) is 4.98 Å². The Hall–Kier alpha value is -3.61. The maximum Gasteiger partial charge on any atom is 0.263 e. The third-order valence-electron chi connectivity index (χ3n) is 4.38. The van der Waals surface area contributed by atoms with Gasteiger partial charge in [0, 0.05) is 19.3 Å². The molecule has 0 atom stereocenters. The molecule has 0 radical (unpaired) electrons. The first kappa shape index (κ1) is 20.1. The normalized spacial score (nSPS) is 10.4. The summed E-state index contributed by atoms with van der Waals surface area (Å²) in [6, 6.07) is 16.7. The molecule has 0 bridgehead atoms. The number of aromatic nitrogens is 2. The van der Waals surface area contributed by atoms with Crippen LogP contribution in [0.3, 0.4) is 0 Å². The smallest absolute Gasteiger partial charge is 0.263 e. The molecule has 1 amide bonds. The molecule has 1 heterocycles. The Balaban J connectivity index is 1.70. The number of methoxy groups -OCH3 is 1. The van der Waals surface area contributed by atoms with Gasteiger partial charge in [0.2, 0.25) is 0 Å². The van der Waals surface area contributed by atoms with Crippen molar-refractivity contribution in [1.29, 1.82) is 0 Å². The summed E-state index contributed by atoms with van der Waals surface area (Å²) in [5.41, 5.74) is 0.427. The highest BCUT2D eigenvalue weighted by atomic mass is 16.5. The van der Waals surface area contributed by atoms with Crippen molar-refractivity contribution in [2.45, 2.75) is 20.1 Å². The molecule has 2 aromatic carbocycles. The molecule has 150 valence electrons. The van der Waals surface area contributed by atoms with Gasteiger partial charge in [0.1, 0.15) is 29.5 Å². The minimum Gasteiger partial charge on any atom is -0.497 e. The van der Waals surface area contributed by atoms with E-state index < -0.39 is 5.56 Å². The van der Waals surface area contributed by atoms with Crippen LogP contribution in [0.25, 0.3) is 0 Å². The molecule has 0 saturated carbocycles. The van der Waals surface area contributed by atoms with Crippen molar-refractivity contribution in [1.82, 2.24) is 14.9 Å². The molecule has 3 rings (SSSR count). The van der Waals surface area contributed by atoms with Crippen LogP contribution in [-0.2, 0) is 13.2 Å². The number of benzene rings is 2. The van der Waals surface area contributed by atoms with Crippen LogP contribution in [0.2, 0.25) is 0 Å². The van der Waals surface area contributed by atoms with Crippen molar-refractivity contribution in [3.05, 3.63) is 88.1 Å². The molecule has 3 aromatic rings. The number of hydrogen-bond donors (Lipinski definition) is 1. The summed E-state index contributed by atoms with van der Waals surface area (Å²) in [7, 11) is 1.59. The van der Waals surface area contributed by atoms with Gasteiger partial charge in [0.25, 0.3) is 11.5 Å². The number of hydrogen-bond acceptors (Lipinski definition) is 5. The quantitative estimate of drug-likeness (QED) is 0.636. The largest absolute Gasteiger partial charge is 0.497 e. The van der Waals surface area contributed by atoms with Gasteiger partial charge in [-0.1, -0.05) is 30.3 Å². The second-order valence-electron chi connectivity index (χ2n) is 6.35. The van der Waals surface area contributed by atoms with Crippen LogP contribution in [0.5, 0.6) is 11.5 Å². The second-order valence-corrected chi connectivity index (χ2v) is 6.35. The first-order chi connectivity index (χ1) is 14.1. The van der Waals surface area contributed by atoms with E-state index in [0.29, 0.717) is 30.4 Å². The molecule has 0 unspecified atom stereocenters. The fourth-order valence-corrected chi connectivity index (χ4v) is 2.81. The lowest BCUT2D eigenvalue weighted by molar-refractivity contribution is 0.0750. The molecule has 0 spiro atoms. The van der Waals surface area contributed by atoms with E-state index in [0.717, 1.165) is 5.56 Å². The maximum absolute atomic E-state index is 12.8. The Morgan fingerprint density at radius 1 is 1.10 bits per heavy atom. The van der Waals surface area contributed by atoms with Crippen molar-refractivity contribution >= 4 is 5.91 Å². The predicted octanol–water partition coefficient (Wildman–Crippen LogP) is 3.02. The van der Waals surface area contributed by atoms with Gasteiger partial charge in [-0.15, -0.1) is 0 Å². The number of ether oxygens (including phenoxy) is 2. The van der Waals surface area contributed by atoms with Crippen molar-refractivity contribution in [3.63, 3.8) is 0 Å². The van der Waals surface area contributed by atoms with E-state index in [2.05, 4.69) is 9.97 Å². The van der Waals surface area contributed by atoms with E-state index in [1.165, 1.54) is 6.20 Å². The molecule has 0 aliphatic heterocycles. The topological polar surface area (TPSA) is 84.5 Å². The zero-order chi connectivity index (χ0) is 20.6. The minimum atomic E-state index is -0.485. The van der Waals surface area contributed by atoms with Crippen LogP contribution < -0.4 is 15.0 Å². The van der Waals surface area contributed by atoms with E-state index in [4.69, 9.17) is 9.47 Å². The second kappa shape index (κ2) is 9.54. The summed E-state index contributed by atoms with van der Waals surface area (Å²) < 4.78 is 10.8. The number of nitrogens with one attached hydrogen (secondary N) is 1. The van der Waals surface area contributed by atoms with Crippen LogP contribution in [-0.4, -0.2) is 34.4 Å². The van der Waals surface area contributed by atoms with Crippen LogP contribution in [0.1, 0.15) is 28.7 Å². The number of rotatable bonds is 8. The van der Waals surface area contributed by atoms with Gasteiger partial charge in [-0.2, -0.15) is 0 Å². The highest BCUT2D eigenvalue weighted by Gasteiger charge is 2.19. The van der Waals surface area contributed by atoms with Gasteiger partial charge in [-0.05, 0) is 36.8 Å². The van der Waals surface area contributed by atoms with Gasteiger partial charge >= 0.3 is 0 Å².